The second-order valence-electron chi connectivity index (χ2n) is 4.49. The van der Waals surface area contributed by atoms with Gasteiger partial charge in [0.25, 0.3) is 0 Å². The highest BCUT2D eigenvalue weighted by Gasteiger charge is 2.16. The lowest BCUT2D eigenvalue weighted by Gasteiger charge is -2.27. The van der Waals surface area contributed by atoms with Gasteiger partial charge in [0.15, 0.2) is 0 Å². The van der Waals surface area contributed by atoms with Crippen molar-refractivity contribution in [2.75, 3.05) is 23.4 Å². The molecule has 5 heteroatoms. The molecule has 0 amide bonds. The van der Waals surface area contributed by atoms with E-state index in [-0.39, 0.29) is 0 Å². The third-order valence-corrected chi connectivity index (χ3v) is 3.35. The molecule has 1 aliphatic rings. The number of hydrogen-bond acceptors (Lipinski definition) is 5. The SMILES string of the molecule is CCc1nc(N2CCCCC2)nc(NN)c1C. The number of hydrazine groups is 1. The Labute approximate surface area is 102 Å². The molecule has 3 N–H and O–H groups in total. The van der Waals surface area contributed by atoms with Crippen LogP contribution in [0.15, 0.2) is 0 Å². The Bertz CT molecular complexity index is 359. The van der Waals surface area contributed by atoms with Crippen LogP contribution in [0.25, 0.3) is 0 Å². The van der Waals surface area contributed by atoms with Crippen molar-refractivity contribution in [3.05, 3.63) is 11.3 Å². The van der Waals surface area contributed by atoms with E-state index in [4.69, 9.17) is 5.84 Å². The number of aryl methyl sites for hydroxylation is 1. The lowest BCUT2D eigenvalue weighted by atomic mass is 10.1. The van der Waals surface area contributed by atoms with Gasteiger partial charge in [-0.3, -0.25) is 0 Å². The summed E-state index contributed by atoms with van der Waals surface area (Å²) < 4.78 is 0. The van der Waals surface area contributed by atoms with E-state index in [0.29, 0.717) is 0 Å². The molecule has 0 aromatic carbocycles. The minimum atomic E-state index is 0.748. The molecule has 1 aromatic rings. The van der Waals surface area contributed by atoms with Crippen molar-refractivity contribution in [1.82, 2.24) is 9.97 Å². The van der Waals surface area contributed by atoms with Crippen molar-refractivity contribution in [3.8, 4) is 0 Å². The minimum absolute atomic E-state index is 0.748. The molecule has 1 fully saturated rings. The number of aromatic nitrogens is 2. The van der Waals surface area contributed by atoms with Crippen molar-refractivity contribution in [2.45, 2.75) is 39.5 Å². The summed E-state index contributed by atoms with van der Waals surface area (Å²) in [6, 6.07) is 0. The molecule has 94 valence electrons. The van der Waals surface area contributed by atoms with Gasteiger partial charge in [-0.1, -0.05) is 6.92 Å². The van der Waals surface area contributed by atoms with Crippen molar-refractivity contribution in [1.29, 1.82) is 0 Å². The lowest BCUT2D eigenvalue weighted by molar-refractivity contribution is 0.567. The van der Waals surface area contributed by atoms with Gasteiger partial charge in [-0.05, 0) is 32.6 Å². The number of rotatable bonds is 3. The molecule has 1 saturated heterocycles. The summed E-state index contributed by atoms with van der Waals surface area (Å²) in [5.41, 5.74) is 4.80. The van der Waals surface area contributed by atoms with Gasteiger partial charge in [-0.15, -0.1) is 0 Å². The van der Waals surface area contributed by atoms with Crippen LogP contribution in [0.3, 0.4) is 0 Å². The van der Waals surface area contributed by atoms with E-state index in [1.165, 1.54) is 19.3 Å². The van der Waals surface area contributed by atoms with Crippen LogP contribution < -0.4 is 16.2 Å². The van der Waals surface area contributed by atoms with Crippen molar-refractivity contribution in [2.24, 2.45) is 5.84 Å². The zero-order valence-electron chi connectivity index (χ0n) is 10.7. The smallest absolute Gasteiger partial charge is 0.227 e. The molecule has 0 saturated carbocycles. The summed E-state index contributed by atoms with van der Waals surface area (Å²) in [5, 5.41) is 0. The maximum atomic E-state index is 5.51. The highest BCUT2D eigenvalue weighted by molar-refractivity contribution is 5.50. The fraction of sp³-hybridized carbons (Fsp3) is 0.667. The summed E-state index contributed by atoms with van der Waals surface area (Å²) in [4.78, 5) is 11.4. The Morgan fingerprint density at radius 3 is 2.53 bits per heavy atom. The summed E-state index contributed by atoms with van der Waals surface area (Å²) in [5.74, 6) is 7.08. The second kappa shape index (κ2) is 5.31. The quantitative estimate of drug-likeness (QED) is 0.615. The normalized spacial score (nSPS) is 16.1. The van der Waals surface area contributed by atoms with Gasteiger partial charge in [0.2, 0.25) is 5.95 Å². The van der Waals surface area contributed by atoms with Crippen LogP contribution in [0.4, 0.5) is 11.8 Å². The number of nitrogens with zero attached hydrogens (tertiary/aromatic N) is 3. The fourth-order valence-corrected chi connectivity index (χ4v) is 2.27. The highest BCUT2D eigenvalue weighted by Crippen LogP contribution is 2.22. The maximum Gasteiger partial charge on any atom is 0.227 e. The summed E-state index contributed by atoms with van der Waals surface area (Å²) >= 11 is 0. The molecule has 2 rings (SSSR count). The van der Waals surface area contributed by atoms with Crippen molar-refractivity contribution < 1.29 is 0 Å². The predicted octanol–water partition coefficient (Wildman–Crippen LogP) is 1.62. The lowest BCUT2D eigenvalue weighted by Crippen LogP contribution is -2.31. The minimum Gasteiger partial charge on any atom is -0.341 e. The first-order valence-corrected chi connectivity index (χ1v) is 6.35. The van der Waals surface area contributed by atoms with E-state index in [9.17, 15) is 0 Å². The molecule has 0 spiro atoms. The average molecular weight is 235 g/mol. The molecule has 0 radical (unpaired) electrons. The Morgan fingerprint density at radius 1 is 1.24 bits per heavy atom. The highest BCUT2D eigenvalue weighted by atomic mass is 15.3. The van der Waals surface area contributed by atoms with Crippen LogP contribution >= 0.6 is 0 Å². The first-order valence-electron chi connectivity index (χ1n) is 6.35. The van der Waals surface area contributed by atoms with Gasteiger partial charge in [0.1, 0.15) is 5.82 Å². The van der Waals surface area contributed by atoms with Gasteiger partial charge in [-0.2, -0.15) is 4.98 Å². The topological polar surface area (TPSA) is 67.1 Å². The Morgan fingerprint density at radius 2 is 1.94 bits per heavy atom. The van der Waals surface area contributed by atoms with Crippen LogP contribution in [0.2, 0.25) is 0 Å². The van der Waals surface area contributed by atoms with E-state index in [1.807, 2.05) is 6.92 Å². The summed E-state index contributed by atoms with van der Waals surface area (Å²) in [7, 11) is 0. The molecule has 0 unspecified atom stereocenters. The van der Waals surface area contributed by atoms with Crippen LogP contribution in [-0.2, 0) is 6.42 Å². The number of nitrogen functional groups attached to an aromatic ring is 1. The molecule has 5 nitrogen and oxygen atoms in total. The van der Waals surface area contributed by atoms with Crippen LogP contribution in [-0.4, -0.2) is 23.1 Å². The average Bonchev–Trinajstić information content (AvgIpc) is 2.40. The second-order valence-corrected chi connectivity index (χ2v) is 4.49. The van der Waals surface area contributed by atoms with E-state index in [1.54, 1.807) is 0 Å². The zero-order chi connectivity index (χ0) is 12.3. The van der Waals surface area contributed by atoms with E-state index >= 15 is 0 Å². The maximum absolute atomic E-state index is 5.51. The van der Waals surface area contributed by atoms with E-state index in [0.717, 1.165) is 42.5 Å². The largest absolute Gasteiger partial charge is 0.341 e. The van der Waals surface area contributed by atoms with Crippen molar-refractivity contribution in [3.63, 3.8) is 0 Å². The molecule has 17 heavy (non-hydrogen) atoms. The molecule has 0 atom stereocenters. The van der Waals surface area contributed by atoms with Gasteiger partial charge < -0.3 is 10.3 Å². The van der Waals surface area contributed by atoms with Crippen LogP contribution in [0.1, 0.15) is 37.4 Å². The van der Waals surface area contributed by atoms with Gasteiger partial charge in [0, 0.05) is 18.7 Å². The third-order valence-electron chi connectivity index (χ3n) is 3.35. The van der Waals surface area contributed by atoms with Crippen molar-refractivity contribution >= 4 is 11.8 Å². The zero-order valence-corrected chi connectivity index (χ0v) is 10.7. The predicted molar refractivity (Wildman–Crippen MR) is 70.0 cm³/mol. The molecule has 1 aromatic heterocycles. The van der Waals surface area contributed by atoms with E-state index in [2.05, 4.69) is 27.2 Å². The van der Waals surface area contributed by atoms with Gasteiger partial charge in [-0.25, -0.2) is 10.8 Å². The molecular formula is C12H21N5. The third kappa shape index (κ3) is 2.49. The number of anilines is 2. The molecular weight excluding hydrogens is 214 g/mol. The number of nitrogens with two attached hydrogens (primary N) is 1. The summed E-state index contributed by atoms with van der Waals surface area (Å²) in [6.07, 6.45) is 4.67. The number of nitrogens with one attached hydrogen (secondary N) is 1. The van der Waals surface area contributed by atoms with E-state index < -0.39 is 0 Å². The number of piperidine rings is 1. The Hall–Kier alpha value is -1.36. The number of hydrogen-bond donors (Lipinski definition) is 2. The summed E-state index contributed by atoms with van der Waals surface area (Å²) in [6.45, 7) is 6.22. The van der Waals surface area contributed by atoms with Gasteiger partial charge in [0.05, 0.1) is 5.69 Å². The van der Waals surface area contributed by atoms with Gasteiger partial charge >= 0.3 is 0 Å². The molecule has 2 heterocycles. The van der Waals surface area contributed by atoms with Crippen LogP contribution in [0, 0.1) is 6.92 Å². The Kier molecular flexibility index (Phi) is 3.78. The Balaban J connectivity index is 2.33. The molecule has 0 aliphatic carbocycles. The van der Waals surface area contributed by atoms with Crippen LogP contribution in [0.5, 0.6) is 0 Å². The first-order chi connectivity index (χ1) is 8.26. The molecule has 1 aliphatic heterocycles. The fourth-order valence-electron chi connectivity index (χ4n) is 2.27. The molecule has 0 bridgehead atoms. The standard InChI is InChI=1S/C12H21N5/c1-3-10-9(2)11(16-13)15-12(14-10)17-7-5-4-6-8-17/h3-8,13H2,1-2H3,(H,14,15,16). The monoisotopic (exact) mass is 235 g/mol. The first kappa shape index (κ1) is 12.1.